The summed E-state index contributed by atoms with van der Waals surface area (Å²) in [5.41, 5.74) is 0. The number of nitrogens with zero attached hydrogens (tertiary/aromatic N) is 1. The third kappa shape index (κ3) is 5.55. The van der Waals surface area contributed by atoms with E-state index in [2.05, 4.69) is 5.32 Å². The molecule has 0 aliphatic heterocycles. The van der Waals surface area contributed by atoms with Gasteiger partial charge in [0.2, 0.25) is 5.91 Å². The largest absolute Gasteiger partial charge is 0.480 e. The minimum atomic E-state index is -0.820. The molecule has 24 heavy (non-hydrogen) atoms. The first-order valence-electron chi connectivity index (χ1n) is 7.72. The van der Waals surface area contributed by atoms with Crippen LogP contribution in [-0.4, -0.2) is 52.8 Å². The number of aliphatic carboxylic acids is 1. The molecular weight excluding hydrogens is 371 g/mol. The highest BCUT2D eigenvalue weighted by Crippen LogP contribution is 2.30. The summed E-state index contributed by atoms with van der Waals surface area (Å²) in [5, 5.41) is 13.0. The van der Waals surface area contributed by atoms with Crippen molar-refractivity contribution in [2.45, 2.75) is 36.7 Å². The minimum Gasteiger partial charge on any atom is -0.480 e. The number of rotatable bonds is 8. The van der Waals surface area contributed by atoms with Gasteiger partial charge >= 0.3 is 5.97 Å². The van der Waals surface area contributed by atoms with Gasteiger partial charge in [0, 0.05) is 22.0 Å². The highest BCUT2D eigenvalue weighted by atomic mass is 35.5. The second-order valence-corrected chi connectivity index (χ2v) is 7.57. The molecule has 1 aromatic rings. The first-order chi connectivity index (χ1) is 11.4. The molecule has 0 unspecified atom stereocenters. The van der Waals surface area contributed by atoms with Gasteiger partial charge in [-0.25, -0.2) is 0 Å². The number of carbonyl (C=O) groups is 2. The molecule has 0 atom stereocenters. The van der Waals surface area contributed by atoms with Crippen LogP contribution in [0.5, 0.6) is 0 Å². The zero-order chi connectivity index (χ0) is 17.7. The Morgan fingerprint density at radius 2 is 2.08 bits per heavy atom. The minimum absolute atomic E-state index is 0.0466. The number of carboxylic acid groups (broad SMARTS) is 1. The monoisotopic (exact) mass is 390 g/mol. The Hall–Kier alpha value is -0.950. The van der Waals surface area contributed by atoms with Gasteiger partial charge in [-0.1, -0.05) is 30.1 Å². The molecule has 2 rings (SSSR count). The van der Waals surface area contributed by atoms with Crippen LogP contribution in [0.2, 0.25) is 10.0 Å². The van der Waals surface area contributed by atoms with Crippen molar-refractivity contribution in [3.05, 3.63) is 28.2 Å². The maximum Gasteiger partial charge on any atom is 0.317 e. The molecule has 0 spiro atoms. The maximum absolute atomic E-state index is 12.0. The third-order valence-corrected chi connectivity index (χ3v) is 5.72. The first-order valence-corrected chi connectivity index (χ1v) is 9.46. The smallest absolute Gasteiger partial charge is 0.317 e. The summed E-state index contributed by atoms with van der Waals surface area (Å²) in [7, 11) is 0. The Balaban J connectivity index is 1.73. The maximum atomic E-state index is 12.0. The van der Waals surface area contributed by atoms with Crippen LogP contribution in [0.15, 0.2) is 23.1 Å². The molecular formula is C16H20Cl2N2O3S. The van der Waals surface area contributed by atoms with Gasteiger partial charge < -0.3 is 10.4 Å². The Bertz CT molecular complexity index is 609. The average Bonchev–Trinajstić information content (AvgIpc) is 2.49. The second kappa shape index (κ2) is 8.94. The molecule has 0 aromatic heterocycles. The first kappa shape index (κ1) is 19.4. The standard InChI is InChI=1S/C16H20Cl2N2O3S/c1-2-20(8-16(22)23)12-6-11(7-12)19-15(21)9-24-14-5-10(17)3-4-13(14)18/h3-5,11-12H,2,6-9H2,1H3,(H,19,21)(H,22,23). The van der Waals surface area contributed by atoms with Crippen molar-refractivity contribution in [1.82, 2.24) is 10.2 Å². The topological polar surface area (TPSA) is 69.6 Å². The van der Waals surface area contributed by atoms with E-state index >= 15 is 0 Å². The van der Waals surface area contributed by atoms with Gasteiger partial charge in [-0.15, -0.1) is 11.8 Å². The molecule has 8 heteroatoms. The van der Waals surface area contributed by atoms with Crippen molar-refractivity contribution >= 4 is 46.8 Å². The van der Waals surface area contributed by atoms with Crippen LogP contribution in [0.25, 0.3) is 0 Å². The molecule has 132 valence electrons. The van der Waals surface area contributed by atoms with Gasteiger partial charge in [0.15, 0.2) is 0 Å². The van der Waals surface area contributed by atoms with Crippen LogP contribution in [0.4, 0.5) is 0 Å². The SMILES string of the molecule is CCN(CC(=O)O)C1CC(NC(=O)CSc2cc(Cl)ccc2Cl)C1. The summed E-state index contributed by atoms with van der Waals surface area (Å²) >= 11 is 13.3. The average molecular weight is 391 g/mol. The van der Waals surface area contributed by atoms with Crippen molar-refractivity contribution in [3.63, 3.8) is 0 Å². The van der Waals surface area contributed by atoms with Crippen LogP contribution < -0.4 is 5.32 Å². The molecule has 0 bridgehead atoms. The molecule has 0 radical (unpaired) electrons. The fraction of sp³-hybridized carbons (Fsp3) is 0.500. The predicted octanol–water partition coefficient (Wildman–Crippen LogP) is 3.14. The van der Waals surface area contributed by atoms with E-state index in [-0.39, 0.29) is 30.3 Å². The Kier molecular flexibility index (Phi) is 7.22. The lowest BCUT2D eigenvalue weighted by Crippen LogP contribution is -2.55. The van der Waals surface area contributed by atoms with Gasteiger partial charge in [-0.3, -0.25) is 14.5 Å². The normalized spacial score (nSPS) is 19.8. The van der Waals surface area contributed by atoms with Crippen molar-refractivity contribution < 1.29 is 14.7 Å². The van der Waals surface area contributed by atoms with E-state index in [4.69, 9.17) is 28.3 Å². The van der Waals surface area contributed by atoms with Gasteiger partial charge in [0.25, 0.3) is 0 Å². The molecule has 1 saturated carbocycles. The number of amides is 1. The number of benzene rings is 1. The van der Waals surface area contributed by atoms with E-state index in [0.717, 1.165) is 17.7 Å². The summed E-state index contributed by atoms with van der Waals surface area (Å²) in [6, 6.07) is 5.50. The summed E-state index contributed by atoms with van der Waals surface area (Å²) in [6.07, 6.45) is 1.57. The van der Waals surface area contributed by atoms with E-state index < -0.39 is 5.97 Å². The number of likely N-dealkylation sites (N-methyl/N-ethyl adjacent to an activating group) is 1. The van der Waals surface area contributed by atoms with E-state index in [1.807, 2.05) is 11.8 Å². The second-order valence-electron chi connectivity index (χ2n) is 5.71. The van der Waals surface area contributed by atoms with E-state index in [9.17, 15) is 9.59 Å². The molecule has 1 aliphatic rings. The van der Waals surface area contributed by atoms with Gasteiger partial charge in [0.05, 0.1) is 17.3 Å². The quantitative estimate of drug-likeness (QED) is 0.667. The Morgan fingerprint density at radius 1 is 1.38 bits per heavy atom. The van der Waals surface area contributed by atoms with Crippen LogP contribution >= 0.6 is 35.0 Å². The molecule has 5 nitrogen and oxygen atoms in total. The Morgan fingerprint density at radius 3 is 2.71 bits per heavy atom. The lowest BCUT2D eigenvalue weighted by atomic mass is 9.85. The Labute approximate surface area is 155 Å². The summed E-state index contributed by atoms with van der Waals surface area (Å²) in [5.74, 6) is -0.603. The molecule has 1 aliphatic carbocycles. The van der Waals surface area contributed by atoms with E-state index in [0.29, 0.717) is 16.6 Å². The van der Waals surface area contributed by atoms with Crippen molar-refractivity contribution in [2.75, 3.05) is 18.8 Å². The number of hydrogen-bond acceptors (Lipinski definition) is 4. The highest BCUT2D eigenvalue weighted by molar-refractivity contribution is 8.00. The highest BCUT2D eigenvalue weighted by Gasteiger charge is 2.34. The zero-order valence-corrected chi connectivity index (χ0v) is 15.6. The number of halogens is 2. The molecule has 1 fully saturated rings. The zero-order valence-electron chi connectivity index (χ0n) is 13.3. The number of thioether (sulfide) groups is 1. The predicted molar refractivity (Wildman–Crippen MR) is 97.0 cm³/mol. The van der Waals surface area contributed by atoms with Crippen molar-refractivity contribution in [2.24, 2.45) is 0 Å². The van der Waals surface area contributed by atoms with Gasteiger partial charge in [-0.05, 0) is 37.6 Å². The van der Waals surface area contributed by atoms with Crippen LogP contribution in [0.3, 0.4) is 0 Å². The molecule has 1 aromatic carbocycles. The number of nitrogens with one attached hydrogen (secondary N) is 1. The van der Waals surface area contributed by atoms with Crippen molar-refractivity contribution in [3.8, 4) is 0 Å². The van der Waals surface area contributed by atoms with Crippen molar-refractivity contribution in [1.29, 1.82) is 0 Å². The van der Waals surface area contributed by atoms with Gasteiger partial charge in [-0.2, -0.15) is 0 Å². The fourth-order valence-electron chi connectivity index (χ4n) is 2.68. The molecule has 0 saturated heterocycles. The molecule has 0 heterocycles. The van der Waals surface area contributed by atoms with Crippen LogP contribution in [0.1, 0.15) is 19.8 Å². The number of carboxylic acids is 1. The molecule has 2 N–H and O–H groups in total. The fourth-order valence-corrected chi connectivity index (χ4v) is 3.98. The number of carbonyl (C=O) groups excluding carboxylic acids is 1. The summed E-state index contributed by atoms with van der Waals surface area (Å²) in [6.45, 7) is 2.69. The van der Waals surface area contributed by atoms with E-state index in [1.165, 1.54) is 11.8 Å². The van der Waals surface area contributed by atoms with Gasteiger partial charge in [0.1, 0.15) is 0 Å². The molecule has 1 amide bonds. The summed E-state index contributed by atoms with van der Waals surface area (Å²) < 4.78 is 0. The lowest BCUT2D eigenvalue weighted by molar-refractivity contribution is -0.139. The van der Waals surface area contributed by atoms with Crippen LogP contribution in [0, 0.1) is 0 Å². The van der Waals surface area contributed by atoms with E-state index in [1.54, 1.807) is 18.2 Å². The lowest BCUT2D eigenvalue weighted by Gasteiger charge is -2.42. The third-order valence-electron chi connectivity index (χ3n) is 3.99. The number of hydrogen-bond donors (Lipinski definition) is 2. The van der Waals surface area contributed by atoms with Crippen LogP contribution in [-0.2, 0) is 9.59 Å². The summed E-state index contributed by atoms with van der Waals surface area (Å²) in [4.78, 5) is 25.5.